The zero-order valence-corrected chi connectivity index (χ0v) is 14.8. The molecule has 0 aliphatic rings. The summed E-state index contributed by atoms with van der Waals surface area (Å²) < 4.78 is 35.3. The molecule has 1 atom stereocenters. The van der Waals surface area contributed by atoms with Gasteiger partial charge in [-0.2, -0.15) is 0 Å². The topological polar surface area (TPSA) is 122 Å². The van der Waals surface area contributed by atoms with Gasteiger partial charge in [-0.15, -0.1) is 0 Å². The Morgan fingerprint density at radius 2 is 1.65 bits per heavy atom. The minimum absolute atomic E-state index is 0.113. The summed E-state index contributed by atoms with van der Waals surface area (Å²) in [6.45, 7) is -0.603. The fraction of sp³-hybridized carbons (Fsp3) is 0.235. The zero-order valence-electron chi connectivity index (χ0n) is 14.0. The van der Waals surface area contributed by atoms with Gasteiger partial charge in [0.05, 0.1) is 17.3 Å². The van der Waals surface area contributed by atoms with Crippen molar-refractivity contribution >= 4 is 15.7 Å². The number of rotatable bonds is 8. The lowest BCUT2D eigenvalue weighted by atomic mass is 10.1. The van der Waals surface area contributed by atoms with Crippen LogP contribution in [0.3, 0.4) is 0 Å². The van der Waals surface area contributed by atoms with Crippen molar-refractivity contribution in [2.45, 2.75) is 10.5 Å². The van der Waals surface area contributed by atoms with E-state index >= 15 is 0 Å². The minimum Gasteiger partial charge on any atom is -0.457 e. The van der Waals surface area contributed by atoms with Gasteiger partial charge in [0.1, 0.15) is 11.5 Å². The standard InChI is InChI=1S/C17H19NO7S/c1-24-11-17(20,16(19)18-21)12-26(22,23)15-9-7-14(8-10-15)25-13-5-3-2-4-6-13/h2-10,20-21H,11-12H2,1H3,(H,18,19). The third-order valence-corrected chi connectivity index (χ3v) is 5.35. The molecule has 8 nitrogen and oxygen atoms in total. The second-order valence-electron chi connectivity index (χ2n) is 5.55. The molecule has 0 bridgehead atoms. The van der Waals surface area contributed by atoms with E-state index in [1.807, 2.05) is 6.07 Å². The number of sulfone groups is 1. The molecule has 1 amide bonds. The van der Waals surface area contributed by atoms with E-state index in [4.69, 9.17) is 14.7 Å². The molecular formula is C17H19NO7S. The van der Waals surface area contributed by atoms with E-state index in [2.05, 4.69) is 0 Å². The Labute approximate surface area is 150 Å². The fourth-order valence-electron chi connectivity index (χ4n) is 2.25. The van der Waals surface area contributed by atoms with Crippen molar-refractivity contribution in [1.82, 2.24) is 5.48 Å². The minimum atomic E-state index is -4.04. The number of aliphatic hydroxyl groups is 1. The van der Waals surface area contributed by atoms with Crippen LogP contribution in [0.4, 0.5) is 0 Å². The van der Waals surface area contributed by atoms with Crippen molar-refractivity contribution in [1.29, 1.82) is 0 Å². The van der Waals surface area contributed by atoms with Crippen LogP contribution in [-0.2, 0) is 19.4 Å². The van der Waals surface area contributed by atoms with Gasteiger partial charge in [-0.3, -0.25) is 10.0 Å². The van der Waals surface area contributed by atoms with Crippen LogP contribution in [0.15, 0.2) is 59.5 Å². The quantitative estimate of drug-likeness (QED) is 0.463. The molecule has 1 unspecified atom stereocenters. The Kier molecular flexibility index (Phi) is 6.32. The summed E-state index contributed by atoms with van der Waals surface area (Å²) in [6.07, 6.45) is 0. The molecule has 3 N–H and O–H groups in total. The van der Waals surface area contributed by atoms with Crippen LogP contribution >= 0.6 is 0 Å². The van der Waals surface area contributed by atoms with Crippen LogP contribution < -0.4 is 10.2 Å². The summed E-state index contributed by atoms with van der Waals surface area (Å²) in [7, 11) is -2.85. The predicted molar refractivity (Wildman–Crippen MR) is 91.8 cm³/mol. The Bertz CT molecular complexity index is 837. The monoisotopic (exact) mass is 381 g/mol. The lowest BCUT2D eigenvalue weighted by Gasteiger charge is -2.24. The number of hydrogen-bond donors (Lipinski definition) is 3. The lowest BCUT2D eigenvalue weighted by Crippen LogP contribution is -2.53. The van der Waals surface area contributed by atoms with Gasteiger partial charge >= 0.3 is 0 Å². The summed E-state index contributed by atoms with van der Waals surface area (Å²) in [6, 6.07) is 14.5. The molecular weight excluding hydrogens is 362 g/mol. The molecule has 0 spiro atoms. The highest BCUT2D eigenvalue weighted by molar-refractivity contribution is 7.91. The van der Waals surface area contributed by atoms with Gasteiger partial charge in [0.25, 0.3) is 5.91 Å². The number of methoxy groups -OCH3 is 1. The molecule has 0 aliphatic carbocycles. The molecule has 26 heavy (non-hydrogen) atoms. The number of hydroxylamine groups is 1. The highest BCUT2D eigenvalue weighted by Crippen LogP contribution is 2.24. The summed E-state index contributed by atoms with van der Waals surface area (Å²) in [4.78, 5) is 11.5. The molecule has 140 valence electrons. The first-order valence-corrected chi connectivity index (χ1v) is 9.17. The Hall–Kier alpha value is -2.46. The normalized spacial score (nSPS) is 13.7. The molecule has 0 aromatic heterocycles. The van der Waals surface area contributed by atoms with E-state index < -0.39 is 33.7 Å². The van der Waals surface area contributed by atoms with E-state index in [1.54, 1.807) is 24.3 Å². The number of para-hydroxylation sites is 1. The lowest BCUT2D eigenvalue weighted by molar-refractivity contribution is -0.151. The molecule has 0 saturated heterocycles. The Balaban J connectivity index is 2.19. The summed E-state index contributed by atoms with van der Waals surface area (Å²) >= 11 is 0. The van der Waals surface area contributed by atoms with Crippen molar-refractivity contribution in [2.75, 3.05) is 19.5 Å². The van der Waals surface area contributed by atoms with E-state index in [0.29, 0.717) is 11.5 Å². The predicted octanol–water partition coefficient (Wildman–Crippen LogP) is 1.14. The number of carbonyl (C=O) groups is 1. The third kappa shape index (κ3) is 4.79. The number of nitrogens with one attached hydrogen (secondary N) is 1. The number of carbonyl (C=O) groups excluding carboxylic acids is 1. The molecule has 2 aromatic carbocycles. The summed E-state index contributed by atoms with van der Waals surface area (Å²) in [5.74, 6) is -1.21. The van der Waals surface area contributed by atoms with E-state index in [9.17, 15) is 18.3 Å². The van der Waals surface area contributed by atoms with E-state index in [1.165, 1.54) is 36.9 Å². The third-order valence-electron chi connectivity index (χ3n) is 3.50. The molecule has 0 aliphatic heterocycles. The average Bonchev–Trinajstić information content (AvgIpc) is 2.62. The largest absolute Gasteiger partial charge is 0.457 e. The van der Waals surface area contributed by atoms with Crippen LogP contribution in [0.2, 0.25) is 0 Å². The van der Waals surface area contributed by atoms with Crippen LogP contribution in [-0.4, -0.2) is 49.7 Å². The SMILES string of the molecule is COCC(O)(CS(=O)(=O)c1ccc(Oc2ccccc2)cc1)C(=O)NO. The first-order chi connectivity index (χ1) is 12.3. The average molecular weight is 381 g/mol. The van der Waals surface area contributed by atoms with Crippen molar-refractivity contribution in [2.24, 2.45) is 0 Å². The maximum absolute atomic E-state index is 12.5. The molecule has 9 heteroatoms. The van der Waals surface area contributed by atoms with Crippen molar-refractivity contribution < 1.29 is 33.0 Å². The number of ether oxygens (including phenoxy) is 2. The van der Waals surface area contributed by atoms with Gasteiger partial charge in [0, 0.05) is 7.11 Å². The Morgan fingerprint density at radius 3 is 2.19 bits per heavy atom. The second-order valence-corrected chi connectivity index (χ2v) is 7.54. The van der Waals surface area contributed by atoms with Crippen molar-refractivity contribution in [3.05, 3.63) is 54.6 Å². The first kappa shape index (κ1) is 19.9. The summed E-state index contributed by atoms with van der Waals surface area (Å²) in [5, 5.41) is 18.9. The van der Waals surface area contributed by atoms with Gasteiger partial charge < -0.3 is 14.6 Å². The highest BCUT2D eigenvalue weighted by Gasteiger charge is 2.41. The van der Waals surface area contributed by atoms with Crippen LogP contribution in [0, 0.1) is 0 Å². The van der Waals surface area contributed by atoms with Crippen molar-refractivity contribution in [3.63, 3.8) is 0 Å². The van der Waals surface area contributed by atoms with Crippen LogP contribution in [0.25, 0.3) is 0 Å². The van der Waals surface area contributed by atoms with Gasteiger partial charge in [0.2, 0.25) is 0 Å². The maximum Gasteiger partial charge on any atom is 0.278 e. The van der Waals surface area contributed by atoms with E-state index in [0.717, 1.165) is 0 Å². The number of benzene rings is 2. The summed E-state index contributed by atoms with van der Waals surface area (Å²) in [5.41, 5.74) is -1.18. The highest BCUT2D eigenvalue weighted by atomic mass is 32.2. The maximum atomic E-state index is 12.5. The van der Waals surface area contributed by atoms with Gasteiger partial charge in [-0.1, -0.05) is 18.2 Å². The van der Waals surface area contributed by atoms with Crippen molar-refractivity contribution in [3.8, 4) is 11.5 Å². The number of hydrogen-bond acceptors (Lipinski definition) is 7. The van der Waals surface area contributed by atoms with Gasteiger partial charge in [0.15, 0.2) is 15.4 Å². The Morgan fingerprint density at radius 1 is 1.08 bits per heavy atom. The zero-order chi connectivity index (χ0) is 19.2. The second kappa shape index (κ2) is 8.28. The van der Waals surface area contributed by atoms with Gasteiger partial charge in [-0.05, 0) is 36.4 Å². The molecule has 2 rings (SSSR count). The molecule has 0 fully saturated rings. The van der Waals surface area contributed by atoms with Gasteiger partial charge in [-0.25, -0.2) is 13.9 Å². The van der Waals surface area contributed by atoms with Crippen LogP contribution in [0.5, 0.6) is 11.5 Å². The molecule has 0 heterocycles. The first-order valence-electron chi connectivity index (χ1n) is 7.52. The molecule has 2 aromatic rings. The number of amides is 1. The van der Waals surface area contributed by atoms with Crippen LogP contribution in [0.1, 0.15) is 0 Å². The molecule has 0 radical (unpaired) electrons. The smallest absolute Gasteiger partial charge is 0.278 e. The van der Waals surface area contributed by atoms with E-state index in [-0.39, 0.29) is 4.90 Å². The molecule has 0 saturated carbocycles. The fourth-order valence-corrected chi connectivity index (χ4v) is 3.81.